The molecule has 0 amide bonds. The van der Waals surface area contributed by atoms with E-state index in [4.69, 9.17) is 19.9 Å². The Morgan fingerprint density at radius 2 is 1.63 bits per heavy atom. The molecule has 0 aliphatic carbocycles. The molecule has 0 aromatic rings. The van der Waals surface area contributed by atoms with Crippen molar-refractivity contribution in [2.45, 2.75) is 87.7 Å². The molecule has 12 nitrogen and oxygen atoms in total. The normalized spacial score (nSPS) is 38.2. The first-order valence-electron chi connectivity index (χ1n) is 11.3. The molecular formula is C21H42N2O10S2. The molecule has 0 radical (unpaired) electrons. The lowest BCUT2D eigenvalue weighted by atomic mass is 9.97. The summed E-state index contributed by atoms with van der Waals surface area (Å²) in [4.78, 5) is 4.25. The van der Waals surface area contributed by atoms with Gasteiger partial charge in [-0.25, -0.2) is 0 Å². The zero-order valence-electron chi connectivity index (χ0n) is 19.1. The fraction of sp³-hybridized carbons (Fsp3) is 0.952. The van der Waals surface area contributed by atoms with E-state index in [0.29, 0.717) is 37.6 Å². The van der Waals surface area contributed by atoms with Gasteiger partial charge in [-0.15, -0.1) is 11.8 Å². The monoisotopic (exact) mass is 546 g/mol. The first-order chi connectivity index (χ1) is 16.2. The Morgan fingerprint density at radius 1 is 0.943 bits per heavy atom. The van der Waals surface area contributed by atoms with Crippen LogP contribution >= 0.6 is 23.5 Å². The van der Waals surface area contributed by atoms with Crippen molar-refractivity contribution in [3.63, 3.8) is 0 Å². The topological polar surface area (TPSA) is 208 Å². The molecule has 208 valence electrons. The summed E-state index contributed by atoms with van der Waals surface area (Å²) in [6.45, 7) is 2.08. The van der Waals surface area contributed by atoms with E-state index >= 15 is 0 Å². The third-order valence-corrected chi connectivity index (χ3v) is 7.83. The van der Waals surface area contributed by atoms with Crippen LogP contribution in [0.5, 0.6) is 0 Å². The van der Waals surface area contributed by atoms with E-state index in [-0.39, 0.29) is 13.2 Å². The molecule has 0 saturated carbocycles. The summed E-state index contributed by atoms with van der Waals surface area (Å²) in [6.07, 6.45) is -9.15. The number of aliphatic imine (C=N–C) groups is 1. The van der Waals surface area contributed by atoms with E-state index in [0.717, 1.165) is 17.5 Å². The van der Waals surface area contributed by atoms with Gasteiger partial charge in [-0.3, -0.25) is 4.99 Å². The Morgan fingerprint density at radius 3 is 2.29 bits per heavy atom. The van der Waals surface area contributed by atoms with Gasteiger partial charge in [0.05, 0.1) is 18.5 Å². The molecule has 2 saturated heterocycles. The number of thioether (sulfide) groups is 2. The lowest BCUT2D eigenvalue weighted by Crippen LogP contribution is -2.58. The summed E-state index contributed by atoms with van der Waals surface area (Å²) in [5.41, 5.74) is 5.04. The largest absolute Gasteiger partial charge is 0.394 e. The van der Waals surface area contributed by atoms with E-state index in [9.17, 15) is 35.7 Å². The molecule has 2 aliphatic rings. The number of aliphatic hydroxyl groups is 7. The van der Waals surface area contributed by atoms with Crippen molar-refractivity contribution in [3.05, 3.63) is 0 Å². The Labute approximate surface area is 214 Å². The van der Waals surface area contributed by atoms with Gasteiger partial charge < -0.3 is 55.7 Å². The van der Waals surface area contributed by atoms with E-state index in [1.54, 1.807) is 18.7 Å². The van der Waals surface area contributed by atoms with Gasteiger partial charge in [0.15, 0.2) is 6.29 Å². The zero-order chi connectivity index (χ0) is 25.3. The number of amidine groups is 1. The fourth-order valence-corrected chi connectivity index (χ4v) is 5.35. The van der Waals surface area contributed by atoms with E-state index in [1.807, 2.05) is 0 Å². The lowest BCUT2D eigenvalue weighted by Gasteiger charge is -2.40. The third kappa shape index (κ3) is 9.54. The van der Waals surface area contributed by atoms with Crippen molar-refractivity contribution in [1.29, 1.82) is 0 Å². The maximum absolute atomic E-state index is 10.1. The van der Waals surface area contributed by atoms with Gasteiger partial charge in [0.25, 0.3) is 0 Å². The predicted octanol–water partition coefficient (Wildman–Crippen LogP) is -2.13. The zero-order valence-corrected chi connectivity index (χ0v) is 20.8. The van der Waals surface area contributed by atoms with Crippen LogP contribution in [0.15, 0.2) is 4.99 Å². The maximum atomic E-state index is 10.1. The van der Waals surface area contributed by atoms with Crippen molar-refractivity contribution >= 4 is 29.4 Å². The van der Waals surface area contributed by atoms with Gasteiger partial charge in [-0.05, 0) is 18.6 Å². The molecule has 4 unspecified atom stereocenters. The number of nitrogens with zero attached hydrogens (tertiary/aromatic N) is 1. The molecule has 2 fully saturated rings. The third-order valence-electron chi connectivity index (χ3n) is 5.60. The van der Waals surface area contributed by atoms with Crippen LogP contribution in [0.1, 0.15) is 27.2 Å². The molecule has 2 rings (SSSR count). The second-order valence-electron chi connectivity index (χ2n) is 8.14. The Bertz CT molecular complexity index is 621. The number of rotatable bonds is 13. The average molecular weight is 547 g/mol. The minimum Gasteiger partial charge on any atom is -0.394 e. The lowest BCUT2D eigenvalue weighted by molar-refractivity contribution is -0.292. The summed E-state index contributed by atoms with van der Waals surface area (Å²) in [6, 6.07) is 0. The van der Waals surface area contributed by atoms with Crippen molar-refractivity contribution in [2.24, 2.45) is 10.7 Å². The highest BCUT2D eigenvalue weighted by Gasteiger charge is 2.44. The molecule has 14 heteroatoms. The number of ether oxygens (including phenoxy) is 3. The number of hydrogen-bond donors (Lipinski definition) is 8. The van der Waals surface area contributed by atoms with Crippen LogP contribution in [0, 0.1) is 0 Å². The molecular weight excluding hydrogens is 504 g/mol. The van der Waals surface area contributed by atoms with Crippen LogP contribution in [0.25, 0.3) is 0 Å². The second kappa shape index (κ2) is 16.6. The van der Waals surface area contributed by atoms with Crippen LogP contribution in [0.3, 0.4) is 0 Å². The molecule has 0 spiro atoms. The maximum Gasteiger partial charge on any atom is 0.184 e. The molecule has 9 N–H and O–H groups in total. The van der Waals surface area contributed by atoms with Gasteiger partial charge in [0.2, 0.25) is 0 Å². The quantitative estimate of drug-likeness (QED) is 0.0706. The van der Waals surface area contributed by atoms with E-state index in [2.05, 4.69) is 4.99 Å². The summed E-state index contributed by atoms with van der Waals surface area (Å²) in [5, 5.41) is 68.9. The molecule has 10 atom stereocenters. The summed E-state index contributed by atoms with van der Waals surface area (Å²) in [7, 11) is 0. The average Bonchev–Trinajstić information content (AvgIpc) is 2.82. The molecule has 2 heterocycles. The van der Waals surface area contributed by atoms with Crippen LogP contribution in [0.2, 0.25) is 0 Å². The first-order valence-corrected chi connectivity index (χ1v) is 13.5. The molecule has 2 aliphatic heterocycles. The molecule has 0 aromatic heterocycles. The van der Waals surface area contributed by atoms with Gasteiger partial charge in [0, 0.05) is 18.9 Å². The summed E-state index contributed by atoms with van der Waals surface area (Å²) >= 11 is 2.76. The molecule has 35 heavy (non-hydrogen) atoms. The fourth-order valence-electron chi connectivity index (χ4n) is 3.59. The van der Waals surface area contributed by atoms with Crippen LogP contribution in [-0.2, 0) is 14.2 Å². The minimum absolute atomic E-state index is 0. The highest BCUT2D eigenvalue weighted by atomic mass is 32.2. The van der Waals surface area contributed by atoms with Crippen molar-refractivity contribution < 1.29 is 50.0 Å². The van der Waals surface area contributed by atoms with Crippen LogP contribution in [0.4, 0.5) is 0 Å². The Kier molecular flexibility index (Phi) is 15.5. The summed E-state index contributed by atoms with van der Waals surface area (Å²) < 4.78 is 16.2. The Balaban J connectivity index is 0.00000612. The number of aliphatic hydroxyl groups excluding tert-OH is 7. The summed E-state index contributed by atoms with van der Waals surface area (Å²) in [5.74, 6) is 2.06. The standard InChI is InChI=1S/C20H38N2O10S2.CH4/c1-2-10-13(24)16(27)18(19(29)31-10)30-5-3-6-33-7-4-22-12(21)9-34-20-17(28)15(26)14(25)11(8-23)32-20;/h10-11,13-20,23-29H,2-9H2,1H3,(H2,21,22);1H4/t10?,11?,13-,14-,15?,16+,17-,18?,19+,20-;/m1./s1. The highest BCUT2D eigenvalue weighted by molar-refractivity contribution is 8.00. The van der Waals surface area contributed by atoms with Gasteiger partial charge in [-0.1, -0.05) is 14.4 Å². The minimum atomic E-state index is -1.42. The number of nitrogens with two attached hydrogens (primary N) is 1. The van der Waals surface area contributed by atoms with Gasteiger partial charge in [-0.2, -0.15) is 11.8 Å². The Hall–Kier alpha value is -0.230. The van der Waals surface area contributed by atoms with E-state index in [1.165, 1.54) is 0 Å². The SMILES string of the molecule is C.CCC1O[C@H](O)C(OCCCSCCN=C(N)CS[C@H]2OC(CO)[C@@H](O)C(O)[C@H]2O)[C@@H](O)[C@@H]1O. The van der Waals surface area contributed by atoms with Gasteiger partial charge >= 0.3 is 0 Å². The van der Waals surface area contributed by atoms with Gasteiger partial charge in [0.1, 0.15) is 54.0 Å². The smallest absolute Gasteiger partial charge is 0.184 e. The number of hydrogen-bond acceptors (Lipinski definition) is 13. The first kappa shape index (κ1) is 32.8. The second-order valence-corrected chi connectivity index (χ2v) is 10.4. The van der Waals surface area contributed by atoms with Crippen LogP contribution < -0.4 is 5.73 Å². The van der Waals surface area contributed by atoms with Crippen molar-refractivity contribution in [1.82, 2.24) is 0 Å². The highest BCUT2D eigenvalue weighted by Crippen LogP contribution is 2.28. The van der Waals surface area contributed by atoms with Crippen LogP contribution in [-0.4, -0.2) is 139 Å². The molecule has 0 bridgehead atoms. The van der Waals surface area contributed by atoms with Crippen molar-refractivity contribution in [2.75, 3.05) is 37.0 Å². The molecule has 0 aromatic carbocycles. The van der Waals surface area contributed by atoms with E-state index < -0.39 is 67.2 Å². The van der Waals surface area contributed by atoms with Crippen molar-refractivity contribution in [3.8, 4) is 0 Å². The predicted molar refractivity (Wildman–Crippen MR) is 134 cm³/mol.